The van der Waals surface area contributed by atoms with Crippen molar-refractivity contribution in [1.82, 2.24) is 0 Å². The Balaban J connectivity index is 0.000000242. The molecular formula is C29H23F5O8. The molecule has 0 aliphatic heterocycles. The molecule has 4 aromatic rings. The van der Waals surface area contributed by atoms with Gasteiger partial charge in [0.05, 0.1) is 32.5 Å². The highest BCUT2D eigenvalue weighted by atomic mass is 19.1. The van der Waals surface area contributed by atoms with Gasteiger partial charge in [-0.25, -0.2) is 31.5 Å². The molecule has 0 amide bonds. The number of phenolic OH excluding ortho intramolecular Hbond substituents is 1. The number of aromatic carboxylic acids is 1. The number of ether oxygens (including phenoxy) is 4. The van der Waals surface area contributed by atoms with E-state index >= 15 is 0 Å². The van der Waals surface area contributed by atoms with Gasteiger partial charge in [0.1, 0.15) is 34.8 Å². The van der Waals surface area contributed by atoms with Gasteiger partial charge in [-0.15, -0.1) is 0 Å². The van der Waals surface area contributed by atoms with E-state index in [1.807, 2.05) is 0 Å². The molecule has 0 saturated carbocycles. The Morgan fingerprint density at radius 1 is 0.619 bits per heavy atom. The van der Waals surface area contributed by atoms with Gasteiger partial charge in [0, 0.05) is 24.3 Å². The van der Waals surface area contributed by atoms with Gasteiger partial charge in [-0.05, 0) is 48.5 Å². The van der Waals surface area contributed by atoms with E-state index in [9.17, 15) is 31.5 Å². The van der Waals surface area contributed by atoms with Gasteiger partial charge < -0.3 is 29.2 Å². The molecule has 13 heteroatoms. The first kappa shape index (κ1) is 32.9. The molecule has 0 saturated heterocycles. The molecule has 4 rings (SSSR count). The summed E-state index contributed by atoms with van der Waals surface area (Å²) in [4.78, 5) is 21.8. The first-order valence-corrected chi connectivity index (χ1v) is 11.5. The Kier molecular flexibility index (Phi) is 12.1. The van der Waals surface area contributed by atoms with Crippen molar-refractivity contribution in [3.05, 3.63) is 113 Å². The molecular weight excluding hydrogens is 571 g/mol. The van der Waals surface area contributed by atoms with E-state index in [4.69, 9.17) is 19.7 Å². The zero-order valence-electron chi connectivity index (χ0n) is 22.2. The van der Waals surface area contributed by atoms with Crippen molar-refractivity contribution in [2.24, 2.45) is 0 Å². The summed E-state index contributed by atoms with van der Waals surface area (Å²) in [6.07, 6.45) is 0. The molecule has 222 valence electrons. The van der Waals surface area contributed by atoms with Crippen LogP contribution in [0.15, 0.2) is 72.8 Å². The molecule has 0 unspecified atom stereocenters. The molecule has 0 heterocycles. The molecule has 0 atom stereocenters. The van der Waals surface area contributed by atoms with Crippen LogP contribution in [0.5, 0.6) is 28.7 Å². The third-order valence-corrected chi connectivity index (χ3v) is 5.00. The normalized spacial score (nSPS) is 9.81. The van der Waals surface area contributed by atoms with E-state index in [1.165, 1.54) is 62.8 Å². The third-order valence-electron chi connectivity index (χ3n) is 5.00. The third kappa shape index (κ3) is 9.40. The lowest BCUT2D eigenvalue weighted by Gasteiger charge is -2.11. The van der Waals surface area contributed by atoms with E-state index in [1.54, 1.807) is 0 Å². The van der Waals surface area contributed by atoms with Gasteiger partial charge >= 0.3 is 11.9 Å². The van der Waals surface area contributed by atoms with E-state index in [-0.39, 0.29) is 40.1 Å². The van der Waals surface area contributed by atoms with E-state index in [0.29, 0.717) is 6.07 Å². The highest BCUT2D eigenvalue weighted by Gasteiger charge is 2.18. The van der Waals surface area contributed by atoms with Crippen LogP contribution in [0.4, 0.5) is 22.0 Å². The second-order valence-corrected chi connectivity index (χ2v) is 7.78. The summed E-state index contributed by atoms with van der Waals surface area (Å²) >= 11 is 0. The van der Waals surface area contributed by atoms with Crippen LogP contribution in [0.3, 0.4) is 0 Å². The minimum atomic E-state index is -1.41. The van der Waals surface area contributed by atoms with Crippen LogP contribution >= 0.6 is 0 Å². The van der Waals surface area contributed by atoms with Crippen LogP contribution in [0, 0.1) is 29.1 Å². The van der Waals surface area contributed by atoms with Crippen LogP contribution in [-0.4, -0.2) is 43.5 Å². The number of rotatable bonds is 6. The molecule has 2 N–H and O–H groups in total. The lowest BCUT2D eigenvalue weighted by atomic mass is 10.2. The predicted molar refractivity (Wildman–Crippen MR) is 139 cm³/mol. The van der Waals surface area contributed by atoms with Crippen molar-refractivity contribution in [2.45, 2.75) is 0 Å². The average molecular weight is 594 g/mol. The molecule has 0 aliphatic rings. The van der Waals surface area contributed by atoms with E-state index in [2.05, 4.69) is 9.47 Å². The first-order chi connectivity index (χ1) is 19.9. The van der Waals surface area contributed by atoms with Crippen molar-refractivity contribution in [3.8, 4) is 28.7 Å². The maximum atomic E-state index is 13.6. The molecule has 4 aromatic carbocycles. The number of hydrogen-bond acceptors (Lipinski definition) is 7. The van der Waals surface area contributed by atoms with E-state index < -0.39 is 40.8 Å². The number of carboxylic acids is 1. The predicted octanol–water partition coefficient (Wildman–Crippen LogP) is 6.76. The smallest absolute Gasteiger partial charge is 0.340 e. The van der Waals surface area contributed by atoms with Crippen LogP contribution in [-0.2, 0) is 4.74 Å². The SMILES string of the molecule is COC(=O)c1cc(OC)c(F)cc1F.COc1cc(C(=O)O)c(F)cc1Oc1ccc(F)cc1.Oc1ccc(F)cc1. The molecule has 0 aromatic heterocycles. The van der Waals surface area contributed by atoms with Crippen molar-refractivity contribution < 1.29 is 60.7 Å². The number of carboxylic acid groups (broad SMARTS) is 1. The zero-order chi connectivity index (χ0) is 31.4. The fraction of sp³-hybridized carbons (Fsp3) is 0.103. The van der Waals surface area contributed by atoms with Gasteiger partial charge in [-0.2, -0.15) is 0 Å². The van der Waals surface area contributed by atoms with Crippen LogP contribution < -0.4 is 14.2 Å². The number of aromatic hydroxyl groups is 1. The highest BCUT2D eigenvalue weighted by molar-refractivity contribution is 5.90. The quantitative estimate of drug-likeness (QED) is 0.186. The molecule has 0 bridgehead atoms. The van der Waals surface area contributed by atoms with Crippen molar-refractivity contribution >= 4 is 11.9 Å². The number of halogens is 5. The molecule has 8 nitrogen and oxygen atoms in total. The van der Waals surface area contributed by atoms with Gasteiger partial charge in [0.2, 0.25) is 0 Å². The Morgan fingerprint density at radius 2 is 1.12 bits per heavy atom. The largest absolute Gasteiger partial charge is 0.508 e. The monoisotopic (exact) mass is 594 g/mol. The number of phenols is 1. The summed E-state index contributed by atoms with van der Waals surface area (Å²) in [5.41, 5.74) is -0.876. The minimum Gasteiger partial charge on any atom is -0.508 e. The highest BCUT2D eigenvalue weighted by Crippen LogP contribution is 2.34. The van der Waals surface area contributed by atoms with Crippen LogP contribution in [0.2, 0.25) is 0 Å². The number of carbonyl (C=O) groups excluding carboxylic acids is 1. The summed E-state index contributed by atoms with van der Waals surface area (Å²) < 4.78 is 83.4. The molecule has 0 fully saturated rings. The van der Waals surface area contributed by atoms with Crippen LogP contribution in [0.25, 0.3) is 0 Å². The topological polar surface area (TPSA) is 112 Å². The summed E-state index contributed by atoms with van der Waals surface area (Å²) in [5.74, 6) is -5.61. The van der Waals surface area contributed by atoms with Gasteiger partial charge in [0.15, 0.2) is 23.1 Å². The summed E-state index contributed by atoms with van der Waals surface area (Å²) in [5, 5.41) is 17.4. The van der Waals surface area contributed by atoms with Gasteiger partial charge in [0.25, 0.3) is 0 Å². The Hall–Kier alpha value is -5.33. The van der Waals surface area contributed by atoms with Crippen molar-refractivity contribution in [2.75, 3.05) is 21.3 Å². The molecule has 0 aliphatic carbocycles. The Labute approximate surface area is 236 Å². The number of esters is 1. The zero-order valence-corrected chi connectivity index (χ0v) is 22.2. The summed E-state index contributed by atoms with van der Waals surface area (Å²) in [7, 11) is 3.63. The molecule has 42 heavy (non-hydrogen) atoms. The Morgan fingerprint density at radius 3 is 1.60 bits per heavy atom. The number of hydrogen-bond donors (Lipinski definition) is 2. The van der Waals surface area contributed by atoms with Crippen molar-refractivity contribution in [1.29, 1.82) is 0 Å². The molecule has 0 spiro atoms. The Bertz CT molecular complexity index is 1490. The standard InChI is InChI=1S/C14H10F2O4.C9H8F2O3.C6H5FO/c1-19-12-6-10(14(17)18)11(16)7-13(12)20-9-4-2-8(15)3-5-9;1-13-8-3-5(9(12)14-2)6(10)4-7(8)11;7-5-1-3-6(8)4-2-5/h2-7H,1H3,(H,17,18);3-4H,1-2H3;1-4,8H. The second kappa shape index (κ2) is 15.5. The van der Waals surface area contributed by atoms with E-state index in [0.717, 1.165) is 25.3 Å². The summed E-state index contributed by atoms with van der Waals surface area (Å²) in [6.45, 7) is 0. The molecule has 0 radical (unpaired) electrons. The second-order valence-electron chi connectivity index (χ2n) is 7.78. The minimum absolute atomic E-state index is 0.00149. The summed E-state index contributed by atoms with van der Waals surface area (Å²) in [6, 6.07) is 13.6. The lowest BCUT2D eigenvalue weighted by molar-refractivity contribution is 0.0593. The maximum absolute atomic E-state index is 13.6. The number of methoxy groups -OCH3 is 3. The number of carbonyl (C=O) groups is 2. The first-order valence-electron chi connectivity index (χ1n) is 11.5. The maximum Gasteiger partial charge on any atom is 0.340 e. The number of benzene rings is 4. The van der Waals surface area contributed by atoms with Gasteiger partial charge in [-0.1, -0.05) is 0 Å². The fourth-order valence-corrected chi connectivity index (χ4v) is 2.96. The lowest BCUT2D eigenvalue weighted by Crippen LogP contribution is -2.05. The van der Waals surface area contributed by atoms with Gasteiger partial charge in [-0.3, -0.25) is 0 Å². The van der Waals surface area contributed by atoms with Crippen LogP contribution in [0.1, 0.15) is 20.7 Å². The fourth-order valence-electron chi connectivity index (χ4n) is 2.96. The average Bonchev–Trinajstić information content (AvgIpc) is 2.96. The van der Waals surface area contributed by atoms with Crippen molar-refractivity contribution in [3.63, 3.8) is 0 Å².